The number of sulfonamides is 1. The third kappa shape index (κ3) is 4.40. The highest BCUT2D eigenvalue weighted by molar-refractivity contribution is 7.89. The number of aromatic nitrogens is 2. The van der Waals surface area contributed by atoms with Gasteiger partial charge in [0, 0.05) is 49.9 Å². The molecule has 0 bridgehead atoms. The summed E-state index contributed by atoms with van der Waals surface area (Å²) >= 11 is 0. The van der Waals surface area contributed by atoms with Gasteiger partial charge in [0.2, 0.25) is 0 Å². The maximum atomic E-state index is 15.0. The van der Waals surface area contributed by atoms with Crippen LogP contribution in [0.3, 0.4) is 0 Å². The van der Waals surface area contributed by atoms with E-state index in [0.29, 0.717) is 31.1 Å². The molecule has 3 heterocycles. The lowest BCUT2D eigenvalue weighted by atomic mass is 9.83. The molecule has 0 spiro atoms. The highest BCUT2D eigenvalue weighted by Gasteiger charge is 2.36. The minimum Gasteiger partial charge on any atom is -0.492 e. The Hall–Kier alpha value is -2.95. The standard InChI is InChI=1S/C24H28FN5O3S/c1-26-21-14-33-23-10-20(25)22(9-19(23)18(21)8-16-6-4-3-5-7-16)30-11-17(12-30)28-34(31,32)24-13-29(2)15-27-24/h3-7,9-10,13,15,17-18,21,26,28H,8,11-12,14H2,1-2H3/t18-,21-/m0/s1. The van der Waals surface area contributed by atoms with E-state index in [0.717, 1.165) is 12.0 Å². The van der Waals surface area contributed by atoms with Crippen molar-refractivity contribution >= 4 is 15.7 Å². The zero-order valence-corrected chi connectivity index (χ0v) is 19.9. The normalized spacial score (nSPS) is 20.5. The topological polar surface area (TPSA) is 88.5 Å². The van der Waals surface area contributed by atoms with Crippen LogP contribution in [-0.2, 0) is 23.5 Å². The van der Waals surface area contributed by atoms with Crippen molar-refractivity contribution in [1.82, 2.24) is 19.6 Å². The summed E-state index contributed by atoms with van der Waals surface area (Å²) in [5.41, 5.74) is 2.63. The van der Waals surface area contributed by atoms with E-state index in [-0.39, 0.29) is 28.8 Å². The predicted molar refractivity (Wildman–Crippen MR) is 127 cm³/mol. The Kier molecular flexibility index (Phi) is 6.05. The summed E-state index contributed by atoms with van der Waals surface area (Å²) in [6, 6.07) is 13.3. The molecule has 1 fully saturated rings. The van der Waals surface area contributed by atoms with Gasteiger partial charge in [0.15, 0.2) is 5.03 Å². The Labute approximate surface area is 198 Å². The van der Waals surface area contributed by atoms with Gasteiger partial charge in [0.1, 0.15) is 18.2 Å². The Bertz CT molecular complexity index is 1280. The smallest absolute Gasteiger partial charge is 0.259 e. The minimum atomic E-state index is -3.71. The molecule has 2 aliphatic rings. The van der Waals surface area contributed by atoms with Crippen LogP contribution in [0.15, 0.2) is 60.0 Å². The number of nitrogens with one attached hydrogen (secondary N) is 2. The monoisotopic (exact) mass is 485 g/mol. The molecule has 1 saturated heterocycles. The summed E-state index contributed by atoms with van der Waals surface area (Å²) in [6.45, 7) is 1.23. The second kappa shape index (κ2) is 9.01. The van der Waals surface area contributed by atoms with Gasteiger partial charge < -0.3 is 19.5 Å². The van der Waals surface area contributed by atoms with Crippen molar-refractivity contribution in [2.75, 3.05) is 31.6 Å². The fourth-order valence-electron chi connectivity index (χ4n) is 4.69. The van der Waals surface area contributed by atoms with Crippen molar-refractivity contribution in [2.24, 2.45) is 7.05 Å². The first-order valence-electron chi connectivity index (χ1n) is 11.3. The number of hydrogen-bond acceptors (Lipinski definition) is 6. The first-order valence-corrected chi connectivity index (χ1v) is 12.7. The molecule has 34 heavy (non-hydrogen) atoms. The third-order valence-electron chi connectivity index (χ3n) is 6.55. The number of rotatable bonds is 7. The molecule has 8 nitrogen and oxygen atoms in total. The number of fused-ring (bicyclic) bond motifs is 1. The number of aryl methyl sites for hydroxylation is 1. The van der Waals surface area contributed by atoms with E-state index in [2.05, 4.69) is 27.2 Å². The lowest BCUT2D eigenvalue weighted by Crippen LogP contribution is -2.59. The molecule has 5 rings (SSSR count). The zero-order chi connectivity index (χ0) is 23.9. The summed E-state index contributed by atoms with van der Waals surface area (Å²) in [7, 11) is -0.0908. The average Bonchev–Trinajstić information content (AvgIpc) is 3.24. The highest BCUT2D eigenvalue weighted by Crippen LogP contribution is 2.40. The van der Waals surface area contributed by atoms with Gasteiger partial charge in [-0.2, -0.15) is 0 Å². The van der Waals surface area contributed by atoms with Crippen LogP contribution < -0.4 is 19.7 Å². The van der Waals surface area contributed by atoms with Gasteiger partial charge in [-0.15, -0.1) is 0 Å². The molecule has 2 N–H and O–H groups in total. The summed E-state index contributed by atoms with van der Waals surface area (Å²) in [5, 5.41) is 3.32. The van der Waals surface area contributed by atoms with Crippen LogP contribution in [0.25, 0.3) is 0 Å². The van der Waals surface area contributed by atoms with Crippen molar-refractivity contribution in [1.29, 1.82) is 0 Å². The molecular formula is C24H28FN5O3S. The first kappa shape index (κ1) is 22.8. The number of ether oxygens (including phenoxy) is 1. The van der Waals surface area contributed by atoms with E-state index in [9.17, 15) is 8.42 Å². The molecule has 0 saturated carbocycles. The number of benzene rings is 2. The average molecular weight is 486 g/mol. The van der Waals surface area contributed by atoms with Crippen molar-refractivity contribution in [3.05, 3.63) is 71.9 Å². The van der Waals surface area contributed by atoms with Gasteiger partial charge in [-0.1, -0.05) is 30.3 Å². The molecule has 2 atom stereocenters. The van der Waals surface area contributed by atoms with Gasteiger partial charge in [0.05, 0.1) is 18.1 Å². The number of imidazole rings is 1. The van der Waals surface area contributed by atoms with E-state index < -0.39 is 10.0 Å². The van der Waals surface area contributed by atoms with Crippen LogP contribution in [0.2, 0.25) is 0 Å². The number of hydrogen-bond donors (Lipinski definition) is 2. The molecule has 3 aromatic rings. The lowest BCUT2D eigenvalue weighted by molar-refractivity contribution is 0.218. The summed E-state index contributed by atoms with van der Waals surface area (Å²) in [4.78, 5) is 5.77. The molecule has 10 heteroatoms. The Morgan fingerprint density at radius 2 is 1.97 bits per heavy atom. The van der Waals surface area contributed by atoms with Gasteiger partial charge in [-0.25, -0.2) is 22.5 Å². The number of anilines is 1. The fourth-order valence-corrected chi connectivity index (χ4v) is 5.89. The molecular weight excluding hydrogens is 457 g/mol. The summed E-state index contributed by atoms with van der Waals surface area (Å²) < 4.78 is 50.2. The third-order valence-corrected chi connectivity index (χ3v) is 7.96. The molecule has 0 unspecified atom stereocenters. The molecule has 180 valence electrons. The van der Waals surface area contributed by atoms with Crippen LogP contribution in [0.4, 0.5) is 10.1 Å². The van der Waals surface area contributed by atoms with E-state index >= 15 is 4.39 Å². The maximum Gasteiger partial charge on any atom is 0.259 e. The zero-order valence-electron chi connectivity index (χ0n) is 19.1. The van der Waals surface area contributed by atoms with E-state index in [1.54, 1.807) is 11.6 Å². The van der Waals surface area contributed by atoms with E-state index in [1.807, 2.05) is 36.2 Å². The SMILES string of the molecule is CN[C@H]1COc2cc(F)c(N3CC(NS(=O)(=O)c4cn(C)cn4)C3)cc2[C@@H]1Cc1ccccc1. The van der Waals surface area contributed by atoms with E-state index in [4.69, 9.17) is 4.74 Å². The second-order valence-electron chi connectivity index (χ2n) is 8.94. The first-order chi connectivity index (χ1) is 16.3. The van der Waals surface area contributed by atoms with Gasteiger partial charge in [0.25, 0.3) is 10.0 Å². The van der Waals surface area contributed by atoms with Crippen molar-refractivity contribution in [3.63, 3.8) is 0 Å². The lowest BCUT2D eigenvalue weighted by Gasteiger charge is -2.42. The van der Waals surface area contributed by atoms with Crippen LogP contribution in [0, 0.1) is 5.82 Å². The van der Waals surface area contributed by atoms with Crippen molar-refractivity contribution in [2.45, 2.75) is 29.4 Å². The summed E-state index contributed by atoms with van der Waals surface area (Å²) in [6.07, 6.45) is 3.70. The van der Waals surface area contributed by atoms with E-state index in [1.165, 1.54) is 24.2 Å². The predicted octanol–water partition coefficient (Wildman–Crippen LogP) is 2.03. The fraction of sp³-hybridized carbons (Fsp3) is 0.375. The molecule has 0 radical (unpaired) electrons. The second-order valence-corrected chi connectivity index (χ2v) is 10.6. The number of likely N-dealkylation sites (N-methyl/N-ethyl adjacent to an activating group) is 1. The molecule has 2 aliphatic heterocycles. The largest absolute Gasteiger partial charge is 0.492 e. The van der Waals surface area contributed by atoms with Crippen LogP contribution in [-0.4, -0.2) is 56.8 Å². The minimum absolute atomic E-state index is 0.0209. The molecule has 1 aromatic heterocycles. The molecule has 0 amide bonds. The Balaban J connectivity index is 1.34. The van der Waals surface area contributed by atoms with Crippen LogP contribution >= 0.6 is 0 Å². The van der Waals surface area contributed by atoms with Crippen molar-refractivity contribution in [3.8, 4) is 5.75 Å². The summed E-state index contributed by atoms with van der Waals surface area (Å²) in [5.74, 6) is 0.322. The highest BCUT2D eigenvalue weighted by atomic mass is 32.2. The van der Waals surface area contributed by atoms with Gasteiger partial charge in [-0.3, -0.25) is 0 Å². The molecule has 2 aromatic carbocycles. The molecule has 0 aliphatic carbocycles. The number of halogens is 1. The van der Waals surface area contributed by atoms with Crippen LogP contribution in [0.5, 0.6) is 5.75 Å². The maximum absolute atomic E-state index is 15.0. The number of nitrogens with zero attached hydrogens (tertiary/aromatic N) is 3. The van der Waals surface area contributed by atoms with Crippen LogP contribution in [0.1, 0.15) is 17.0 Å². The Morgan fingerprint density at radius 3 is 2.65 bits per heavy atom. The van der Waals surface area contributed by atoms with Gasteiger partial charge in [-0.05, 0) is 25.1 Å². The Morgan fingerprint density at radius 1 is 1.21 bits per heavy atom. The quantitative estimate of drug-likeness (QED) is 0.533. The van der Waals surface area contributed by atoms with Crippen molar-refractivity contribution < 1.29 is 17.5 Å². The van der Waals surface area contributed by atoms with Gasteiger partial charge >= 0.3 is 0 Å².